The van der Waals surface area contributed by atoms with Gasteiger partial charge in [-0.05, 0) is 23.6 Å². The van der Waals surface area contributed by atoms with Crippen molar-refractivity contribution in [1.29, 1.82) is 0 Å². The average molecular weight is 351 g/mol. The predicted octanol–water partition coefficient (Wildman–Crippen LogP) is 3.30. The molecule has 120 valence electrons. The van der Waals surface area contributed by atoms with E-state index >= 15 is 0 Å². The van der Waals surface area contributed by atoms with Crippen LogP contribution in [0.25, 0.3) is 10.9 Å². The van der Waals surface area contributed by atoms with E-state index in [-0.39, 0.29) is 14.9 Å². The highest BCUT2D eigenvalue weighted by molar-refractivity contribution is 7.92. The number of fused-ring (bicyclic) bond motifs is 1. The molecule has 0 bridgehead atoms. The smallest absolute Gasteiger partial charge is 0.305 e. The molecule has 0 unspecified atom stereocenters. The molecular formula is C14H13N3O4S2. The molecule has 2 aromatic heterocycles. The van der Waals surface area contributed by atoms with Crippen LogP contribution in [0.5, 0.6) is 0 Å². The Morgan fingerprint density at radius 3 is 2.65 bits per heavy atom. The zero-order valence-electron chi connectivity index (χ0n) is 12.3. The summed E-state index contributed by atoms with van der Waals surface area (Å²) in [6.07, 6.45) is 2.95. The van der Waals surface area contributed by atoms with Gasteiger partial charge < -0.3 is 9.88 Å². The van der Waals surface area contributed by atoms with Gasteiger partial charge in [0.2, 0.25) is 0 Å². The second-order valence-electron chi connectivity index (χ2n) is 5.13. The standard InChI is InChI=1S/C14H13N3O4S2/c1-16-6-5-9-3-4-10(7-11(9)16)15-14-12(17(18)19)8-13(22-14)23(2,20)21/h3-8,15H,1-2H3. The van der Waals surface area contributed by atoms with E-state index in [0.717, 1.165) is 34.6 Å². The van der Waals surface area contributed by atoms with Crippen LogP contribution in [-0.2, 0) is 16.9 Å². The second kappa shape index (κ2) is 5.36. The predicted molar refractivity (Wildman–Crippen MR) is 90.3 cm³/mol. The van der Waals surface area contributed by atoms with E-state index in [9.17, 15) is 18.5 Å². The van der Waals surface area contributed by atoms with Crippen LogP contribution in [0.2, 0.25) is 0 Å². The molecule has 7 nitrogen and oxygen atoms in total. The highest BCUT2D eigenvalue weighted by Crippen LogP contribution is 2.39. The summed E-state index contributed by atoms with van der Waals surface area (Å²) in [4.78, 5) is 10.6. The number of anilines is 2. The van der Waals surface area contributed by atoms with Crippen LogP contribution in [0.3, 0.4) is 0 Å². The van der Waals surface area contributed by atoms with Crippen LogP contribution in [0.15, 0.2) is 40.7 Å². The fourth-order valence-electron chi connectivity index (χ4n) is 2.24. The van der Waals surface area contributed by atoms with Gasteiger partial charge in [-0.3, -0.25) is 10.1 Å². The summed E-state index contributed by atoms with van der Waals surface area (Å²) in [6, 6.07) is 8.61. The van der Waals surface area contributed by atoms with E-state index in [0.29, 0.717) is 5.69 Å². The van der Waals surface area contributed by atoms with Crippen LogP contribution in [-0.4, -0.2) is 24.2 Å². The average Bonchev–Trinajstić information content (AvgIpc) is 3.03. The first-order valence-corrected chi connectivity index (χ1v) is 9.27. The van der Waals surface area contributed by atoms with Crippen molar-refractivity contribution >= 4 is 48.5 Å². The molecule has 0 amide bonds. The molecule has 0 fully saturated rings. The van der Waals surface area contributed by atoms with E-state index < -0.39 is 14.8 Å². The van der Waals surface area contributed by atoms with Crippen LogP contribution in [0.1, 0.15) is 0 Å². The molecule has 23 heavy (non-hydrogen) atoms. The summed E-state index contributed by atoms with van der Waals surface area (Å²) < 4.78 is 25.1. The Labute approximate surface area is 136 Å². The fourth-order valence-corrected chi connectivity index (χ4v) is 4.20. The van der Waals surface area contributed by atoms with Gasteiger partial charge in [0.15, 0.2) is 14.8 Å². The number of thiophene rings is 1. The van der Waals surface area contributed by atoms with Gasteiger partial charge in [-0.1, -0.05) is 17.4 Å². The van der Waals surface area contributed by atoms with Gasteiger partial charge in [-0.25, -0.2) is 8.42 Å². The number of sulfone groups is 1. The molecule has 0 saturated heterocycles. The van der Waals surface area contributed by atoms with Crippen molar-refractivity contribution in [3.05, 3.63) is 46.6 Å². The molecule has 0 radical (unpaired) electrons. The maximum absolute atomic E-state index is 11.6. The number of aryl methyl sites for hydroxylation is 1. The normalized spacial score (nSPS) is 11.7. The second-order valence-corrected chi connectivity index (χ2v) is 8.43. The molecule has 1 aromatic carbocycles. The molecule has 2 heterocycles. The van der Waals surface area contributed by atoms with E-state index in [1.165, 1.54) is 0 Å². The molecule has 9 heteroatoms. The third-order valence-electron chi connectivity index (χ3n) is 3.40. The quantitative estimate of drug-likeness (QED) is 0.575. The summed E-state index contributed by atoms with van der Waals surface area (Å²) in [7, 11) is -1.59. The Morgan fingerprint density at radius 2 is 2.00 bits per heavy atom. The Balaban J connectivity index is 2.05. The molecule has 0 spiro atoms. The maximum atomic E-state index is 11.6. The Morgan fingerprint density at radius 1 is 1.26 bits per heavy atom. The van der Waals surface area contributed by atoms with E-state index in [1.54, 1.807) is 6.07 Å². The first kappa shape index (κ1) is 15.5. The Bertz CT molecular complexity index is 1020. The zero-order valence-corrected chi connectivity index (χ0v) is 13.9. The van der Waals surface area contributed by atoms with Crippen molar-refractivity contribution < 1.29 is 13.3 Å². The van der Waals surface area contributed by atoms with E-state index in [2.05, 4.69) is 5.32 Å². The number of hydrogen-bond acceptors (Lipinski definition) is 6. The molecular weight excluding hydrogens is 338 g/mol. The summed E-state index contributed by atoms with van der Waals surface area (Å²) in [5.74, 6) is 0. The largest absolute Gasteiger partial charge is 0.350 e. The summed E-state index contributed by atoms with van der Waals surface area (Å²) >= 11 is 0.854. The molecule has 3 rings (SSSR count). The highest BCUT2D eigenvalue weighted by Gasteiger charge is 2.23. The van der Waals surface area contributed by atoms with Gasteiger partial charge in [-0.2, -0.15) is 0 Å². The van der Waals surface area contributed by atoms with Gasteiger partial charge in [-0.15, -0.1) is 0 Å². The monoisotopic (exact) mass is 351 g/mol. The molecule has 0 saturated carbocycles. The van der Waals surface area contributed by atoms with Crippen molar-refractivity contribution in [2.24, 2.45) is 7.05 Å². The molecule has 0 aliphatic rings. The minimum Gasteiger partial charge on any atom is -0.350 e. The first-order chi connectivity index (χ1) is 10.8. The van der Waals surface area contributed by atoms with Gasteiger partial charge in [0.25, 0.3) is 0 Å². The summed E-state index contributed by atoms with van der Waals surface area (Å²) in [5.41, 5.74) is 1.38. The highest BCUT2D eigenvalue weighted by atomic mass is 32.2. The Kier molecular flexibility index (Phi) is 3.61. The van der Waals surface area contributed by atoms with Crippen LogP contribution in [0, 0.1) is 10.1 Å². The number of nitrogens with zero attached hydrogens (tertiary/aromatic N) is 2. The molecule has 0 aliphatic heterocycles. The minimum atomic E-state index is -3.49. The van der Waals surface area contributed by atoms with Gasteiger partial charge in [0.1, 0.15) is 4.21 Å². The van der Waals surface area contributed by atoms with Crippen LogP contribution >= 0.6 is 11.3 Å². The topological polar surface area (TPSA) is 94.2 Å². The molecule has 0 atom stereocenters. The number of aromatic nitrogens is 1. The van der Waals surface area contributed by atoms with Gasteiger partial charge >= 0.3 is 5.69 Å². The van der Waals surface area contributed by atoms with Gasteiger partial charge in [0.05, 0.1) is 4.92 Å². The molecule has 1 N–H and O–H groups in total. The number of rotatable bonds is 4. The lowest BCUT2D eigenvalue weighted by Gasteiger charge is -2.05. The van der Waals surface area contributed by atoms with Gasteiger partial charge in [0, 0.05) is 36.8 Å². The minimum absolute atomic E-state index is 0.0355. The lowest BCUT2D eigenvalue weighted by molar-refractivity contribution is -0.383. The Hall–Kier alpha value is -2.39. The lowest BCUT2D eigenvalue weighted by Crippen LogP contribution is -1.93. The van der Waals surface area contributed by atoms with E-state index in [4.69, 9.17) is 0 Å². The van der Waals surface area contributed by atoms with Crippen molar-refractivity contribution in [3.8, 4) is 0 Å². The van der Waals surface area contributed by atoms with Crippen molar-refractivity contribution in [1.82, 2.24) is 4.57 Å². The zero-order chi connectivity index (χ0) is 16.8. The van der Waals surface area contributed by atoms with Crippen molar-refractivity contribution in [3.63, 3.8) is 0 Å². The summed E-state index contributed by atoms with van der Waals surface area (Å²) in [6.45, 7) is 0. The summed E-state index contributed by atoms with van der Waals surface area (Å²) in [5, 5.41) is 15.4. The number of benzene rings is 1. The molecule has 0 aliphatic carbocycles. The fraction of sp³-hybridized carbons (Fsp3) is 0.143. The number of nitrogens with one attached hydrogen (secondary N) is 1. The van der Waals surface area contributed by atoms with E-state index in [1.807, 2.05) is 36.0 Å². The maximum Gasteiger partial charge on any atom is 0.305 e. The van der Waals surface area contributed by atoms with Crippen molar-refractivity contribution in [2.45, 2.75) is 4.21 Å². The number of nitro groups is 1. The van der Waals surface area contributed by atoms with Crippen LogP contribution < -0.4 is 5.32 Å². The SMILES string of the molecule is Cn1ccc2ccc(Nc3sc(S(C)(=O)=O)cc3[N+](=O)[O-])cc21. The lowest BCUT2D eigenvalue weighted by atomic mass is 10.2. The molecule has 3 aromatic rings. The third kappa shape index (κ3) is 2.92. The van der Waals surface area contributed by atoms with Crippen LogP contribution in [0.4, 0.5) is 16.4 Å². The van der Waals surface area contributed by atoms with Crippen molar-refractivity contribution in [2.75, 3.05) is 11.6 Å². The number of hydrogen-bond donors (Lipinski definition) is 1. The third-order valence-corrected chi connectivity index (χ3v) is 6.24. The first-order valence-electron chi connectivity index (χ1n) is 6.56.